The highest BCUT2D eigenvalue weighted by molar-refractivity contribution is 7.91. The van der Waals surface area contributed by atoms with Crippen LogP contribution in [0.3, 0.4) is 0 Å². The third-order valence-electron chi connectivity index (χ3n) is 2.66. The Labute approximate surface area is 115 Å². The van der Waals surface area contributed by atoms with Crippen molar-refractivity contribution in [1.82, 2.24) is 9.71 Å². The molecule has 2 rings (SSSR count). The van der Waals surface area contributed by atoms with Crippen LogP contribution in [0.15, 0.2) is 39.3 Å². The first-order valence-corrected chi connectivity index (χ1v) is 7.97. The molecule has 0 bridgehead atoms. The molecule has 0 aliphatic rings. The van der Waals surface area contributed by atoms with Gasteiger partial charge in [0.05, 0.1) is 0 Å². The molecule has 102 valence electrons. The minimum atomic E-state index is -3.68. The molecule has 2 N–H and O–H groups in total. The van der Waals surface area contributed by atoms with Gasteiger partial charge in [0.2, 0.25) is 0 Å². The van der Waals surface area contributed by atoms with Crippen molar-refractivity contribution in [3.63, 3.8) is 0 Å². The smallest absolute Gasteiger partial charge is 0.305 e. The van der Waals surface area contributed by atoms with E-state index in [1.54, 1.807) is 13.8 Å². The number of benzene rings is 1. The zero-order chi connectivity index (χ0) is 14.0. The normalized spacial score (nSPS) is 13.4. The predicted molar refractivity (Wildman–Crippen MR) is 74.9 cm³/mol. The molecule has 0 spiro atoms. The minimum absolute atomic E-state index is 0.0419. The van der Waals surface area contributed by atoms with Crippen LogP contribution in [-0.4, -0.2) is 13.4 Å². The summed E-state index contributed by atoms with van der Waals surface area (Å²) in [6.45, 7) is 3.33. The summed E-state index contributed by atoms with van der Waals surface area (Å²) in [5.41, 5.74) is 1.23. The lowest BCUT2D eigenvalue weighted by atomic mass is 10.1. The number of hydrogen-bond donors (Lipinski definition) is 2. The topological polar surface area (TPSA) is 79.0 Å². The van der Waals surface area contributed by atoms with Gasteiger partial charge in [0.1, 0.15) is 0 Å². The first kappa shape index (κ1) is 14.0. The molecule has 0 amide bonds. The number of nitrogens with one attached hydrogen (secondary N) is 2. The number of hydrogen-bond acceptors (Lipinski definition) is 4. The fraction of sp³-hybridized carbons (Fsp3) is 0.250. The molecule has 5 nitrogen and oxygen atoms in total. The second-order valence-corrected chi connectivity index (χ2v) is 7.07. The molecule has 0 radical (unpaired) electrons. The van der Waals surface area contributed by atoms with Crippen LogP contribution in [0.5, 0.6) is 0 Å². The number of sulfonamides is 1. The summed E-state index contributed by atoms with van der Waals surface area (Å²) in [6.07, 6.45) is 0. The number of rotatable bonds is 4. The highest BCUT2D eigenvalue weighted by Gasteiger charge is 2.23. The molecule has 1 aromatic carbocycles. The SMILES string of the molecule is Cc1[nH]c(=O)sc1S(=O)(=O)N[C@H](C)c1ccccc1. The lowest BCUT2D eigenvalue weighted by Crippen LogP contribution is -2.26. The van der Waals surface area contributed by atoms with Crippen LogP contribution < -0.4 is 9.60 Å². The molecule has 1 atom stereocenters. The molecule has 0 saturated heterocycles. The maximum absolute atomic E-state index is 12.2. The summed E-state index contributed by atoms with van der Waals surface area (Å²) in [7, 11) is -3.68. The van der Waals surface area contributed by atoms with E-state index in [1.807, 2.05) is 30.3 Å². The van der Waals surface area contributed by atoms with Gasteiger partial charge in [0.25, 0.3) is 10.0 Å². The van der Waals surface area contributed by atoms with Crippen molar-refractivity contribution in [3.8, 4) is 0 Å². The highest BCUT2D eigenvalue weighted by Crippen LogP contribution is 2.20. The van der Waals surface area contributed by atoms with Crippen LogP contribution in [0, 0.1) is 6.92 Å². The van der Waals surface area contributed by atoms with E-state index in [2.05, 4.69) is 9.71 Å². The highest BCUT2D eigenvalue weighted by atomic mass is 32.2. The van der Waals surface area contributed by atoms with Gasteiger partial charge >= 0.3 is 4.87 Å². The summed E-state index contributed by atoms with van der Waals surface area (Å²) in [5, 5.41) is 0. The zero-order valence-corrected chi connectivity index (χ0v) is 12.1. The van der Waals surface area contributed by atoms with Crippen molar-refractivity contribution in [2.45, 2.75) is 24.1 Å². The van der Waals surface area contributed by atoms with Crippen LogP contribution in [0.2, 0.25) is 0 Å². The molecule has 19 heavy (non-hydrogen) atoms. The number of aromatic nitrogens is 1. The van der Waals surface area contributed by atoms with E-state index in [0.29, 0.717) is 17.0 Å². The van der Waals surface area contributed by atoms with Gasteiger partial charge in [-0.2, -0.15) is 0 Å². The lowest BCUT2D eigenvalue weighted by molar-refractivity contribution is 0.568. The van der Waals surface area contributed by atoms with Gasteiger partial charge in [-0.05, 0) is 19.4 Å². The third kappa shape index (κ3) is 3.12. The van der Waals surface area contributed by atoms with Crippen LogP contribution in [0.4, 0.5) is 0 Å². The number of aryl methyl sites for hydroxylation is 1. The van der Waals surface area contributed by atoms with E-state index in [9.17, 15) is 13.2 Å². The first-order chi connectivity index (χ1) is 8.90. The van der Waals surface area contributed by atoms with Crippen molar-refractivity contribution in [3.05, 3.63) is 51.3 Å². The molecule has 2 aromatic rings. The Balaban J connectivity index is 2.28. The number of thiazole rings is 1. The monoisotopic (exact) mass is 298 g/mol. The van der Waals surface area contributed by atoms with Crippen LogP contribution in [0.25, 0.3) is 0 Å². The predicted octanol–water partition coefficient (Wildman–Crippen LogP) is 1.78. The van der Waals surface area contributed by atoms with Crippen LogP contribution >= 0.6 is 11.3 Å². The average molecular weight is 298 g/mol. The maximum atomic E-state index is 12.2. The Morgan fingerprint density at radius 2 is 1.89 bits per heavy atom. The quantitative estimate of drug-likeness (QED) is 0.903. The van der Waals surface area contributed by atoms with Crippen LogP contribution in [-0.2, 0) is 10.0 Å². The molecule has 0 aliphatic carbocycles. The van der Waals surface area contributed by atoms with E-state index in [0.717, 1.165) is 5.56 Å². The summed E-state index contributed by atoms with van der Waals surface area (Å²) < 4.78 is 27.0. The molecule has 0 unspecified atom stereocenters. The lowest BCUT2D eigenvalue weighted by Gasteiger charge is -2.13. The van der Waals surface area contributed by atoms with Gasteiger partial charge in [-0.15, -0.1) is 0 Å². The van der Waals surface area contributed by atoms with E-state index < -0.39 is 10.0 Å². The van der Waals surface area contributed by atoms with Gasteiger partial charge in [0.15, 0.2) is 4.21 Å². The Hall–Kier alpha value is -1.44. The summed E-state index contributed by atoms with van der Waals surface area (Å²) in [5.74, 6) is 0. The van der Waals surface area contributed by atoms with Crippen molar-refractivity contribution in [2.75, 3.05) is 0 Å². The minimum Gasteiger partial charge on any atom is -0.315 e. The van der Waals surface area contributed by atoms with E-state index in [1.165, 1.54) is 0 Å². The molecule has 0 saturated carbocycles. The number of aromatic amines is 1. The maximum Gasteiger partial charge on any atom is 0.305 e. The van der Waals surface area contributed by atoms with Crippen molar-refractivity contribution in [1.29, 1.82) is 0 Å². The Morgan fingerprint density at radius 3 is 2.42 bits per heavy atom. The van der Waals surface area contributed by atoms with Crippen LogP contribution in [0.1, 0.15) is 24.2 Å². The molecule has 7 heteroatoms. The van der Waals surface area contributed by atoms with Gasteiger partial charge < -0.3 is 4.98 Å². The van der Waals surface area contributed by atoms with Crippen molar-refractivity contribution >= 4 is 21.4 Å². The summed E-state index contributed by atoms with van der Waals surface area (Å²) >= 11 is 0.697. The Bertz CT molecular complexity index is 717. The second kappa shape index (κ2) is 5.28. The standard InChI is InChI=1S/C12H14N2O3S2/c1-8(10-6-4-3-5-7-10)14-19(16,17)11-9(2)13-12(15)18-11/h3-8,14H,1-2H3,(H,13,15)/t8-/m1/s1. The molecule has 1 heterocycles. The van der Waals surface area contributed by atoms with Gasteiger partial charge in [0, 0.05) is 11.7 Å². The largest absolute Gasteiger partial charge is 0.315 e. The molecule has 0 aliphatic heterocycles. The molecule has 0 fully saturated rings. The van der Waals surface area contributed by atoms with E-state index in [-0.39, 0.29) is 15.1 Å². The van der Waals surface area contributed by atoms with E-state index >= 15 is 0 Å². The fourth-order valence-corrected chi connectivity index (χ4v) is 4.29. The van der Waals surface area contributed by atoms with E-state index in [4.69, 9.17) is 0 Å². The van der Waals surface area contributed by atoms with Crippen molar-refractivity contribution < 1.29 is 8.42 Å². The molecular formula is C12H14N2O3S2. The fourth-order valence-electron chi connectivity index (χ4n) is 1.74. The third-order valence-corrected chi connectivity index (χ3v) is 5.80. The molecular weight excluding hydrogens is 284 g/mol. The Kier molecular flexibility index (Phi) is 3.88. The summed E-state index contributed by atoms with van der Waals surface area (Å²) in [4.78, 5) is 13.3. The van der Waals surface area contributed by atoms with Crippen molar-refractivity contribution in [2.24, 2.45) is 0 Å². The zero-order valence-electron chi connectivity index (χ0n) is 10.5. The van der Waals surface area contributed by atoms with Gasteiger partial charge in [-0.1, -0.05) is 41.7 Å². The van der Waals surface area contributed by atoms with Gasteiger partial charge in [-0.3, -0.25) is 4.79 Å². The second-order valence-electron chi connectivity index (χ2n) is 4.18. The Morgan fingerprint density at radius 1 is 1.26 bits per heavy atom. The molecule has 1 aromatic heterocycles. The average Bonchev–Trinajstić information content (AvgIpc) is 2.70. The number of H-pyrrole nitrogens is 1. The van der Waals surface area contributed by atoms with Gasteiger partial charge in [-0.25, -0.2) is 13.1 Å². The first-order valence-electron chi connectivity index (χ1n) is 5.67. The summed E-state index contributed by atoms with van der Waals surface area (Å²) in [6, 6.07) is 8.90.